The topological polar surface area (TPSA) is 76.2 Å². The Morgan fingerprint density at radius 2 is 2.15 bits per heavy atom. The third-order valence-electron chi connectivity index (χ3n) is 4.35. The molecule has 1 atom stereocenters. The van der Waals surface area contributed by atoms with E-state index in [1.807, 2.05) is 13.2 Å². The highest BCUT2D eigenvalue weighted by atomic mass is 19.4. The van der Waals surface area contributed by atoms with Crippen molar-refractivity contribution >= 4 is 17.1 Å². The quantitative estimate of drug-likeness (QED) is 0.660. The maximum absolute atomic E-state index is 13.1. The molecule has 2 heterocycles. The molecule has 1 N–H and O–H groups in total. The number of nitro benzene ring substituents is 1. The van der Waals surface area contributed by atoms with Crippen LogP contribution in [0.25, 0.3) is 0 Å². The van der Waals surface area contributed by atoms with Crippen molar-refractivity contribution in [3.63, 3.8) is 0 Å². The molecular formula is C16H18F3N5O2. The van der Waals surface area contributed by atoms with Gasteiger partial charge in [-0.15, -0.1) is 0 Å². The fourth-order valence-corrected chi connectivity index (χ4v) is 3.15. The lowest BCUT2D eigenvalue weighted by molar-refractivity contribution is -0.388. The van der Waals surface area contributed by atoms with E-state index in [4.69, 9.17) is 0 Å². The van der Waals surface area contributed by atoms with E-state index in [-0.39, 0.29) is 11.7 Å². The molecule has 1 saturated heterocycles. The van der Waals surface area contributed by atoms with E-state index in [0.717, 1.165) is 37.2 Å². The molecule has 7 nitrogen and oxygen atoms in total. The molecule has 1 aromatic heterocycles. The van der Waals surface area contributed by atoms with E-state index in [2.05, 4.69) is 15.3 Å². The smallest absolute Gasteiger partial charge is 0.381 e. The summed E-state index contributed by atoms with van der Waals surface area (Å²) in [4.78, 5) is 11.9. The van der Waals surface area contributed by atoms with Gasteiger partial charge >= 0.3 is 6.18 Å². The number of alkyl halides is 3. The Bertz CT molecular complexity index is 805. The van der Waals surface area contributed by atoms with Crippen molar-refractivity contribution in [3.05, 3.63) is 46.3 Å². The number of hydrogen-bond acceptors (Lipinski definition) is 5. The summed E-state index contributed by atoms with van der Waals surface area (Å²) in [6, 6.07) is 2.95. The van der Waals surface area contributed by atoms with Gasteiger partial charge in [0.15, 0.2) is 0 Å². The van der Waals surface area contributed by atoms with Crippen molar-refractivity contribution in [2.45, 2.75) is 25.1 Å². The lowest BCUT2D eigenvalue weighted by Crippen LogP contribution is -2.42. The molecule has 3 rings (SSSR count). The maximum Gasteiger partial charge on any atom is 0.423 e. The standard InChI is InChI=1S/C16H18F3N5O2/c1-22-10-13(8-20-22)23-6-2-3-12(9-23)21-11-4-5-15(24(25)26)14(7-11)16(17,18)19/h4-5,7-8,10,12,21H,2-3,6,9H2,1H3. The van der Waals surface area contributed by atoms with Crippen LogP contribution in [0.4, 0.5) is 30.2 Å². The summed E-state index contributed by atoms with van der Waals surface area (Å²) in [5, 5.41) is 18.0. The van der Waals surface area contributed by atoms with Gasteiger partial charge in [-0.05, 0) is 25.0 Å². The van der Waals surface area contributed by atoms with Crippen LogP contribution in [-0.2, 0) is 13.2 Å². The molecule has 10 heteroatoms. The van der Waals surface area contributed by atoms with Crippen LogP contribution in [0.3, 0.4) is 0 Å². The van der Waals surface area contributed by atoms with Crippen LogP contribution in [0.15, 0.2) is 30.6 Å². The number of aromatic nitrogens is 2. The molecule has 0 radical (unpaired) electrons. The van der Waals surface area contributed by atoms with Gasteiger partial charge in [0.1, 0.15) is 5.56 Å². The van der Waals surface area contributed by atoms with Crippen molar-refractivity contribution in [3.8, 4) is 0 Å². The number of nitrogens with one attached hydrogen (secondary N) is 1. The average Bonchev–Trinajstić information content (AvgIpc) is 3.00. The predicted molar refractivity (Wildman–Crippen MR) is 90.2 cm³/mol. The van der Waals surface area contributed by atoms with Gasteiger partial charge in [0.2, 0.25) is 0 Å². The number of rotatable bonds is 4. The molecule has 0 saturated carbocycles. The first-order valence-electron chi connectivity index (χ1n) is 8.10. The number of hydrogen-bond donors (Lipinski definition) is 1. The van der Waals surface area contributed by atoms with Crippen LogP contribution in [0.2, 0.25) is 0 Å². The molecule has 0 spiro atoms. The third kappa shape index (κ3) is 3.89. The minimum absolute atomic E-state index is 0.0634. The average molecular weight is 369 g/mol. The Morgan fingerprint density at radius 3 is 2.77 bits per heavy atom. The summed E-state index contributed by atoms with van der Waals surface area (Å²) in [6.07, 6.45) is 0.529. The zero-order valence-corrected chi connectivity index (χ0v) is 14.0. The number of nitro groups is 1. The Labute approximate surface area is 147 Å². The normalized spacial score (nSPS) is 18.0. The second kappa shape index (κ2) is 6.85. The van der Waals surface area contributed by atoms with E-state index in [9.17, 15) is 23.3 Å². The molecule has 0 amide bonds. The molecule has 140 valence electrons. The van der Waals surface area contributed by atoms with Crippen LogP contribution in [-0.4, -0.2) is 33.8 Å². The first-order chi connectivity index (χ1) is 12.2. The highest BCUT2D eigenvalue weighted by Crippen LogP contribution is 2.37. The zero-order chi connectivity index (χ0) is 18.9. The van der Waals surface area contributed by atoms with Crippen LogP contribution < -0.4 is 10.2 Å². The zero-order valence-electron chi connectivity index (χ0n) is 14.0. The number of nitrogens with zero attached hydrogens (tertiary/aromatic N) is 4. The Morgan fingerprint density at radius 1 is 1.38 bits per heavy atom. The lowest BCUT2D eigenvalue weighted by Gasteiger charge is -2.34. The van der Waals surface area contributed by atoms with E-state index < -0.39 is 22.4 Å². The van der Waals surface area contributed by atoms with Gasteiger partial charge in [-0.25, -0.2) is 0 Å². The summed E-state index contributed by atoms with van der Waals surface area (Å²) in [6.45, 7) is 1.46. The molecule has 2 aromatic rings. The Balaban J connectivity index is 1.77. The second-order valence-corrected chi connectivity index (χ2v) is 6.29. The summed E-state index contributed by atoms with van der Waals surface area (Å²) < 4.78 is 41.0. The molecule has 1 aromatic carbocycles. The number of anilines is 2. The number of benzene rings is 1. The molecule has 1 fully saturated rings. The van der Waals surface area contributed by atoms with Crippen LogP contribution in [0.5, 0.6) is 0 Å². The summed E-state index contributed by atoms with van der Waals surface area (Å²) >= 11 is 0. The minimum Gasteiger partial charge on any atom is -0.381 e. The van der Waals surface area contributed by atoms with Crippen molar-refractivity contribution in [1.82, 2.24) is 9.78 Å². The minimum atomic E-state index is -4.78. The van der Waals surface area contributed by atoms with Gasteiger partial charge in [-0.3, -0.25) is 14.8 Å². The van der Waals surface area contributed by atoms with E-state index >= 15 is 0 Å². The SMILES string of the molecule is Cn1cc(N2CCCC(Nc3ccc([N+](=O)[O-])c(C(F)(F)F)c3)C2)cn1. The first kappa shape index (κ1) is 18.0. The maximum atomic E-state index is 13.1. The van der Waals surface area contributed by atoms with Gasteiger partial charge < -0.3 is 10.2 Å². The van der Waals surface area contributed by atoms with Crippen molar-refractivity contribution in [2.24, 2.45) is 7.05 Å². The molecular weight excluding hydrogens is 351 g/mol. The fraction of sp³-hybridized carbons (Fsp3) is 0.438. The van der Waals surface area contributed by atoms with Gasteiger partial charge in [0.05, 0.1) is 16.8 Å². The molecule has 26 heavy (non-hydrogen) atoms. The van der Waals surface area contributed by atoms with Gasteiger partial charge in [-0.2, -0.15) is 18.3 Å². The monoisotopic (exact) mass is 369 g/mol. The first-order valence-corrected chi connectivity index (χ1v) is 8.10. The summed E-state index contributed by atoms with van der Waals surface area (Å²) in [7, 11) is 1.82. The highest BCUT2D eigenvalue weighted by molar-refractivity contribution is 5.56. The van der Waals surface area contributed by atoms with Crippen molar-refractivity contribution < 1.29 is 18.1 Å². The molecule has 0 bridgehead atoms. The van der Waals surface area contributed by atoms with Gasteiger partial charge in [0.25, 0.3) is 5.69 Å². The molecule has 1 aliphatic rings. The Hall–Kier alpha value is -2.78. The van der Waals surface area contributed by atoms with Crippen LogP contribution in [0.1, 0.15) is 18.4 Å². The van der Waals surface area contributed by atoms with Crippen LogP contribution in [0, 0.1) is 10.1 Å². The molecule has 1 aliphatic heterocycles. The third-order valence-corrected chi connectivity index (χ3v) is 4.35. The van der Waals surface area contributed by atoms with Crippen molar-refractivity contribution in [2.75, 3.05) is 23.3 Å². The number of aryl methyl sites for hydroxylation is 1. The highest BCUT2D eigenvalue weighted by Gasteiger charge is 2.38. The number of halogens is 3. The van der Waals surface area contributed by atoms with Gasteiger partial charge in [-0.1, -0.05) is 0 Å². The number of piperidine rings is 1. The van der Waals surface area contributed by atoms with Crippen LogP contribution >= 0.6 is 0 Å². The molecule has 0 aliphatic carbocycles. The second-order valence-electron chi connectivity index (χ2n) is 6.29. The van der Waals surface area contributed by atoms with E-state index in [1.54, 1.807) is 10.9 Å². The van der Waals surface area contributed by atoms with Crippen molar-refractivity contribution in [1.29, 1.82) is 0 Å². The van der Waals surface area contributed by atoms with E-state index in [0.29, 0.717) is 6.54 Å². The lowest BCUT2D eigenvalue weighted by atomic mass is 10.0. The predicted octanol–water partition coefficient (Wildman–Crippen LogP) is 3.43. The summed E-state index contributed by atoms with van der Waals surface area (Å²) in [5.74, 6) is 0. The molecule has 1 unspecified atom stereocenters. The largest absolute Gasteiger partial charge is 0.423 e. The van der Waals surface area contributed by atoms with E-state index in [1.165, 1.54) is 6.07 Å². The Kier molecular flexibility index (Phi) is 4.75. The summed E-state index contributed by atoms with van der Waals surface area (Å²) in [5.41, 5.74) is -1.00. The fourth-order valence-electron chi connectivity index (χ4n) is 3.15. The van der Waals surface area contributed by atoms with Gasteiger partial charge in [0, 0.05) is 44.1 Å².